The van der Waals surface area contributed by atoms with Crippen molar-refractivity contribution < 1.29 is 4.79 Å². The monoisotopic (exact) mass is 306 g/mol. The Labute approximate surface area is 134 Å². The second kappa shape index (κ2) is 5.50. The maximum atomic E-state index is 12.9. The molecule has 4 rings (SSSR count). The number of benzene rings is 1. The lowest BCUT2D eigenvalue weighted by Gasteiger charge is -2.12. The van der Waals surface area contributed by atoms with Crippen molar-refractivity contribution in [1.29, 1.82) is 0 Å². The molecule has 0 spiro atoms. The molecular weight excluding hydrogens is 288 g/mol. The molecule has 116 valence electrons. The van der Waals surface area contributed by atoms with E-state index >= 15 is 0 Å². The van der Waals surface area contributed by atoms with Crippen molar-refractivity contribution >= 4 is 22.6 Å². The van der Waals surface area contributed by atoms with Crippen LogP contribution in [0, 0.1) is 0 Å². The summed E-state index contributed by atoms with van der Waals surface area (Å²) in [4.78, 5) is 21.4. The Hall–Kier alpha value is -2.69. The lowest BCUT2D eigenvalue weighted by molar-refractivity contribution is 0.104. The van der Waals surface area contributed by atoms with Crippen LogP contribution in [-0.4, -0.2) is 20.3 Å². The van der Waals surface area contributed by atoms with Gasteiger partial charge in [0.1, 0.15) is 17.8 Å². The summed E-state index contributed by atoms with van der Waals surface area (Å²) >= 11 is 0. The first-order valence-electron chi connectivity index (χ1n) is 7.96. The summed E-state index contributed by atoms with van der Waals surface area (Å²) < 4.78 is 2.12. The van der Waals surface area contributed by atoms with Crippen molar-refractivity contribution in [2.24, 2.45) is 0 Å². The Bertz CT molecular complexity index is 863. The smallest absolute Gasteiger partial charge is 0.195 e. The molecule has 2 aromatic heterocycles. The van der Waals surface area contributed by atoms with Crippen molar-refractivity contribution in [3.05, 3.63) is 54.0 Å². The van der Waals surface area contributed by atoms with Crippen LogP contribution in [0.3, 0.4) is 0 Å². The third-order valence-electron chi connectivity index (χ3n) is 4.64. The maximum absolute atomic E-state index is 12.9. The molecule has 3 aromatic rings. The average molecular weight is 306 g/mol. The Morgan fingerprint density at radius 2 is 1.87 bits per heavy atom. The van der Waals surface area contributed by atoms with Gasteiger partial charge in [0, 0.05) is 17.8 Å². The lowest BCUT2D eigenvalue weighted by Crippen LogP contribution is -2.04. The molecule has 1 saturated carbocycles. The molecule has 0 saturated heterocycles. The van der Waals surface area contributed by atoms with Crippen LogP contribution in [-0.2, 0) is 0 Å². The van der Waals surface area contributed by atoms with Gasteiger partial charge in [0.25, 0.3) is 0 Å². The number of nitrogen functional groups attached to an aromatic ring is 1. The van der Waals surface area contributed by atoms with Gasteiger partial charge in [-0.2, -0.15) is 0 Å². The maximum Gasteiger partial charge on any atom is 0.195 e. The predicted molar refractivity (Wildman–Crippen MR) is 89.3 cm³/mol. The molecule has 0 atom stereocenters. The third kappa shape index (κ3) is 2.29. The van der Waals surface area contributed by atoms with Crippen LogP contribution in [0.25, 0.3) is 11.0 Å². The molecule has 1 aliphatic rings. The van der Waals surface area contributed by atoms with E-state index in [1.807, 2.05) is 36.5 Å². The minimum Gasteiger partial charge on any atom is -0.383 e. The standard InChI is InChI=1S/C18H18N4O/c19-17-15-14(16(23)12-6-2-1-3-7-12)10-22(13-8-4-5-9-13)18(15)21-11-20-17/h1-3,6-7,10-11,13H,4-5,8-9H2,(H2,19,20,21). The molecule has 1 aliphatic carbocycles. The normalized spacial score (nSPS) is 15.3. The second-order valence-corrected chi connectivity index (χ2v) is 6.04. The minimum atomic E-state index is -0.0335. The van der Waals surface area contributed by atoms with Gasteiger partial charge in [0.05, 0.1) is 10.9 Å². The molecule has 0 unspecified atom stereocenters. The number of hydrogen-bond donors (Lipinski definition) is 1. The van der Waals surface area contributed by atoms with Gasteiger partial charge in [-0.15, -0.1) is 0 Å². The summed E-state index contributed by atoms with van der Waals surface area (Å²) in [5, 5.41) is 0.674. The van der Waals surface area contributed by atoms with Crippen LogP contribution in [0.15, 0.2) is 42.9 Å². The van der Waals surface area contributed by atoms with Gasteiger partial charge in [-0.1, -0.05) is 43.2 Å². The third-order valence-corrected chi connectivity index (χ3v) is 4.64. The Balaban J connectivity index is 1.91. The van der Waals surface area contributed by atoms with E-state index in [0.717, 1.165) is 18.5 Å². The van der Waals surface area contributed by atoms with Gasteiger partial charge in [0.15, 0.2) is 5.78 Å². The highest BCUT2D eigenvalue weighted by Crippen LogP contribution is 2.35. The van der Waals surface area contributed by atoms with E-state index in [1.54, 1.807) is 0 Å². The zero-order chi connectivity index (χ0) is 15.8. The second-order valence-electron chi connectivity index (χ2n) is 6.04. The first kappa shape index (κ1) is 13.9. The summed E-state index contributed by atoms with van der Waals surface area (Å²) in [6.07, 6.45) is 8.06. The Morgan fingerprint density at radius 3 is 2.61 bits per heavy atom. The molecule has 2 heterocycles. The highest BCUT2D eigenvalue weighted by atomic mass is 16.1. The van der Waals surface area contributed by atoms with Gasteiger partial charge in [-0.3, -0.25) is 4.79 Å². The van der Waals surface area contributed by atoms with Crippen LogP contribution in [0.5, 0.6) is 0 Å². The first-order chi connectivity index (χ1) is 11.3. The number of aromatic nitrogens is 3. The quantitative estimate of drug-likeness (QED) is 0.753. The van der Waals surface area contributed by atoms with Gasteiger partial charge in [-0.25, -0.2) is 9.97 Å². The van der Waals surface area contributed by atoms with E-state index < -0.39 is 0 Å². The summed E-state index contributed by atoms with van der Waals surface area (Å²) in [6, 6.07) is 9.66. The van der Waals surface area contributed by atoms with Crippen molar-refractivity contribution in [2.75, 3.05) is 5.73 Å². The summed E-state index contributed by atoms with van der Waals surface area (Å²) in [5.41, 5.74) is 8.08. The van der Waals surface area contributed by atoms with E-state index in [0.29, 0.717) is 28.4 Å². The molecule has 5 nitrogen and oxygen atoms in total. The van der Waals surface area contributed by atoms with Gasteiger partial charge >= 0.3 is 0 Å². The van der Waals surface area contributed by atoms with E-state index in [-0.39, 0.29) is 5.78 Å². The number of nitrogens with two attached hydrogens (primary N) is 1. The first-order valence-corrected chi connectivity index (χ1v) is 7.96. The number of carbonyl (C=O) groups excluding carboxylic acids is 1. The number of nitrogens with zero attached hydrogens (tertiary/aromatic N) is 3. The molecule has 1 fully saturated rings. The Morgan fingerprint density at radius 1 is 1.13 bits per heavy atom. The highest BCUT2D eigenvalue weighted by Gasteiger charge is 2.25. The van der Waals surface area contributed by atoms with Crippen molar-refractivity contribution in [2.45, 2.75) is 31.7 Å². The molecule has 0 amide bonds. The zero-order valence-corrected chi connectivity index (χ0v) is 12.8. The predicted octanol–water partition coefficient (Wildman–Crippen LogP) is 3.36. The van der Waals surface area contributed by atoms with Crippen molar-refractivity contribution in [3.8, 4) is 0 Å². The number of anilines is 1. The molecule has 0 bridgehead atoms. The van der Waals surface area contributed by atoms with Crippen LogP contribution in [0.4, 0.5) is 5.82 Å². The van der Waals surface area contributed by atoms with Crippen LogP contribution < -0.4 is 5.73 Å². The molecule has 0 aliphatic heterocycles. The summed E-state index contributed by atoms with van der Waals surface area (Å²) in [7, 11) is 0. The largest absolute Gasteiger partial charge is 0.383 e. The van der Waals surface area contributed by atoms with Crippen molar-refractivity contribution in [1.82, 2.24) is 14.5 Å². The van der Waals surface area contributed by atoms with Gasteiger partial charge in [-0.05, 0) is 12.8 Å². The minimum absolute atomic E-state index is 0.0335. The zero-order valence-electron chi connectivity index (χ0n) is 12.8. The van der Waals surface area contributed by atoms with E-state index in [2.05, 4.69) is 14.5 Å². The van der Waals surface area contributed by atoms with Crippen LogP contribution in [0.2, 0.25) is 0 Å². The van der Waals surface area contributed by atoms with Crippen molar-refractivity contribution in [3.63, 3.8) is 0 Å². The molecular formula is C18H18N4O. The van der Waals surface area contributed by atoms with E-state index in [9.17, 15) is 4.79 Å². The fourth-order valence-electron chi connectivity index (χ4n) is 3.49. The highest BCUT2D eigenvalue weighted by molar-refractivity contribution is 6.17. The number of fused-ring (bicyclic) bond motifs is 1. The average Bonchev–Trinajstić information content (AvgIpc) is 3.23. The SMILES string of the molecule is Nc1ncnc2c1c(C(=O)c1ccccc1)cn2C1CCCC1. The van der Waals surface area contributed by atoms with E-state index in [1.165, 1.54) is 19.2 Å². The lowest BCUT2D eigenvalue weighted by atomic mass is 10.0. The van der Waals surface area contributed by atoms with Crippen LogP contribution >= 0.6 is 0 Å². The molecule has 5 heteroatoms. The summed E-state index contributed by atoms with van der Waals surface area (Å²) in [5.74, 6) is 0.333. The van der Waals surface area contributed by atoms with Gasteiger partial charge < -0.3 is 10.3 Å². The molecule has 23 heavy (non-hydrogen) atoms. The number of ketones is 1. The number of rotatable bonds is 3. The molecule has 0 radical (unpaired) electrons. The summed E-state index contributed by atoms with van der Waals surface area (Å²) in [6.45, 7) is 0. The Kier molecular flexibility index (Phi) is 3.33. The van der Waals surface area contributed by atoms with E-state index in [4.69, 9.17) is 5.73 Å². The number of carbonyl (C=O) groups is 1. The van der Waals surface area contributed by atoms with Crippen LogP contribution in [0.1, 0.15) is 47.6 Å². The molecule has 1 aromatic carbocycles. The number of hydrogen-bond acceptors (Lipinski definition) is 4. The van der Waals surface area contributed by atoms with Gasteiger partial charge in [0.2, 0.25) is 0 Å². The topological polar surface area (TPSA) is 73.8 Å². The fraction of sp³-hybridized carbons (Fsp3) is 0.278. The molecule has 2 N–H and O–H groups in total. The fourth-order valence-corrected chi connectivity index (χ4v) is 3.49.